The van der Waals surface area contributed by atoms with Gasteiger partial charge in [0.1, 0.15) is 6.10 Å². The Bertz CT molecular complexity index is 1190. The number of rotatable bonds is 11. The summed E-state index contributed by atoms with van der Waals surface area (Å²) in [5.41, 5.74) is 4.75. The number of nitrogens with one attached hydrogen (secondary N) is 3. The largest absolute Gasteiger partial charge is 0.446 e. The highest BCUT2D eigenvalue weighted by Crippen LogP contribution is 2.28. The first-order valence-electron chi connectivity index (χ1n) is 13.9. The molecule has 39 heavy (non-hydrogen) atoms. The van der Waals surface area contributed by atoms with Gasteiger partial charge in [0.15, 0.2) is 0 Å². The summed E-state index contributed by atoms with van der Waals surface area (Å²) < 4.78 is 5.72. The van der Waals surface area contributed by atoms with Gasteiger partial charge < -0.3 is 20.3 Å². The molecule has 1 saturated heterocycles. The van der Waals surface area contributed by atoms with Crippen molar-refractivity contribution in [1.29, 1.82) is 0 Å². The summed E-state index contributed by atoms with van der Waals surface area (Å²) in [6, 6.07) is 25.7. The van der Waals surface area contributed by atoms with Gasteiger partial charge in [0.05, 0.1) is 5.69 Å². The van der Waals surface area contributed by atoms with Crippen molar-refractivity contribution in [2.75, 3.05) is 36.8 Å². The van der Waals surface area contributed by atoms with Crippen molar-refractivity contribution in [3.63, 3.8) is 0 Å². The molecule has 206 valence electrons. The van der Waals surface area contributed by atoms with E-state index in [0.29, 0.717) is 18.9 Å². The lowest BCUT2D eigenvalue weighted by atomic mass is 10.0. The van der Waals surface area contributed by atoms with Gasteiger partial charge in [0, 0.05) is 43.9 Å². The maximum Gasteiger partial charge on any atom is 0.411 e. The second-order valence-electron chi connectivity index (χ2n) is 10.5. The Hall–Kier alpha value is -3.68. The van der Waals surface area contributed by atoms with Crippen LogP contribution in [-0.4, -0.2) is 49.2 Å². The van der Waals surface area contributed by atoms with Gasteiger partial charge in [0.2, 0.25) is 5.91 Å². The molecule has 7 heteroatoms. The van der Waals surface area contributed by atoms with E-state index in [1.807, 2.05) is 78.9 Å². The van der Waals surface area contributed by atoms with Crippen LogP contribution in [0.25, 0.3) is 11.1 Å². The standard InChI is InChI=1S/C32H40N4O3/c1-24(2)22-33-23-25-12-14-27(15-13-25)34-31(37)18-21-36-19-16-28(17-20-36)39-32(38)35-30-11-7-6-10-29(30)26-8-4-3-5-9-26/h3-15,24,28,33H,16-23H2,1-2H3,(H,34,37)(H,35,38). The summed E-state index contributed by atoms with van der Waals surface area (Å²) in [4.78, 5) is 27.4. The van der Waals surface area contributed by atoms with E-state index < -0.39 is 6.09 Å². The highest BCUT2D eigenvalue weighted by Gasteiger charge is 2.23. The van der Waals surface area contributed by atoms with Gasteiger partial charge in [-0.25, -0.2) is 4.79 Å². The molecular weight excluding hydrogens is 488 g/mol. The fourth-order valence-electron chi connectivity index (χ4n) is 4.70. The number of anilines is 2. The topological polar surface area (TPSA) is 82.7 Å². The SMILES string of the molecule is CC(C)CNCc1ccc(NC(=O)CCN2CCC(OC(=O)Nc3ccccc3-c3ccccc3)CC2)cc1. The molecule has 0 aliphatic carbocycles. The van der Waals surface area contributed by atoms with Crippen LogP contribution in [-0.2, 0) is 16.1 Å². The zero-order valence-electron chi connectivity index (χ0n) is 23.0. The van der Waals surface area contributed by atoms with E-state index >= 15 is 0 Å². The van der Waals surface area contributed by atoms with Crippen molar-refractivity contribution in [3.05, 3.63) is 84.4 Å². The van der Waals surface area contributed by atoms with Crippen molar-refractivity contribution in [3.8, 4) is 11.1 Å². The molecule has 1 aliphatic heterocycles. The maximum absolute atomic E-state index is 12.6. The van der Waals surface area contributed by atoms with Crippen molar-refractivity contribution < 1.29 is 14.3 Å². The van der Waals surface area contributed by atoms with Crippen molar-refractivity contribution in [1.82, 2.24) is 10.2 Å². The fourth-order valence-corrected chi connectivity index (χ4v) is 4.70. The molecule has 0 unspecified atom stereocenters. The number of amides is 2. The van der Waals surface area contributed by atoms with Crippen molar-refractivity contribution >= 4 is 23.4 Å². The number of likely N-dealkylation sites (tertiary alicyclic amines) is 1. The third kappa shape index (κ3) is 9.23. The Balaban J connectivity index is 1.15. The Labute approximate surface area is 231 Å². The molecule has 3 N–H and O–H groups in total. The Morgan fingerprint density at radius 2 is 1.59 bits per heavy atom. The predicted molar refractivity (Wildman–Crippen MR) is 158 cm³/mol. The molecule has 0 spiro atoms. The summed E-state index contributed by atoms with van der Waals surface area (Å²) in [6.07, 6.45) is 1.37. The number of piperidine rings is 1. The third-order valence-electron chi connectivity index (χ3n) is 6.83. The summed E-state index contributed by atoms with van der Waals surface area (Å²) in [5.74, 6) is 0.630. The van der Waals surface area contributed by atoms with Crippen LogP contribution in [0.15, 0.2) is 78.9 Å². The first kappa shape index (κ1) is 28.3. The first-order chi connectivity index (χ1) is 19.0. The Kier molecular flexibility index (Phi) is 10.5. The second kappa shape index (κ2) is 14.5. The first-order valence-corrected chi connectivity index (χ1v) is 13.9. The molecule has 4 rings (SSSR count). The van der Waals surface area contributed by atoms with Gasteiger partial charge in [-0.2, -0.15) is 0 Å². The number of nitrogens with zero attached hydrogens (tertiary/aromatic N) is 1. The molecule has 1 aliphatic rings. The summed E-state index contributed by atoms with van der Waals surface area (Å²) >= 11 is 0. The van der Waals surface area contributed by atoms with E-state index in [-0.39, 0.29) is 12.0 Å². The van der Waals surface area contributed by atoms with E-state index in [2.05, 4.69) is 34.7 Å². The molecule has 1 fully saturated rings. The van der Waals surface area contributed by atoms with Crippen LogP contribution in [0.1, 0.15) is 38.7 Å². The van der Waals surface area contributed by atoms with E-state index in [4.69, 9.17) is 4.74 Å². The van der Waals surface area contributed by atoms with E-state index in [9.17, 15) is 9.59 Å². The Morgan fingerprint density at radius 3 is 2.31 bits per heavy atom. The minimum atomic E-state index is -0.432. The number of benzene rings is 3. The lowest BCUT2D eigenvalue weighted by Gasteiger charge is -2.31. The van der Waals surface area contributed by atoms with Crippen LogP contribution in [0.2, 0.25) is 0 Å². The number of carbonyl (C=O) groups is 2. The zero-order valence-corrected chi connectivity index (χ0v) is 23.0. The molecule has 0 bridgehead atoms. The monoisotopic (exact) mass is 528 g/mol. The van der Waals surface area contributed by atoms with Gasteiger partial charge in [-0.3, -0.25) is 10.1 Å². The molecular formula is C32H40N4O3. The van der Waals surface area contributed by atoms with Crippen LogP contribution in [0.5, 0.6) is 0 Å². The Morgan fingerprint density at radius 1 is 0.897 bits per heavy atom. The molecule has 0 radical (unpaired) electrons. The minimum absolute atomic E-state index is 0.00974. The summed E-state index contributed by atoms with van der Waals surface area (Å²) in [6.45, 7) is 8.47. The van der Waals surface area contributed by atoms with Crippen LogP contribution in [0, 0.1) is 5.92 Å². The number of ether oxygens (including phenoxy) is 1. The summed E-state index contributed by atoms with van der Waals surface area (Å²) in [7, 11) is 0. The molecule has 3 aromatic carbocycles. The fraction of sp³-hybridized carbons (Fsp3) is 0.375. The smallest absolute Gasteiger partial charge is 0.411 e. The van der Waals surface area contributed by atoms with E-state index in [1.54, 1.807) is 0 Å². The molecule has 0 aromatic heterocycles. The van der Waals surface area contributed by atoms with Crippen molar-refractivity contribution in [2.24, 2.45) is 5.92 Å². The molecule has 2 amide bonds. The molecule has 1 heterocycles. The van der Waals surface area contributed by atoms with E-state index in [1.165, 1.54) is 5.56 Å². The maximum atomic E-state index is 12.6. The average molecular weight is 529 g/mol. The third-order valence-corrected chi connectivity index (χ3v) is 6.83. The molecule has 0 saturated carbocycles. The molecule has 3 aromatic rings. The quantitative estimate of drug-likeness (QED) is 0.278. The second-order valence-corrected chi connectivity index (χ2v) is 10.5. The van der Waals surface area contributed by atoms with Crippen LogP contribution in [0.4, 0.5) is 16.2 Å². The zero-order chi connectivity index (χ0) is 27.5. The van der Waals surface area contributed by atoms with Crippen molar-refractivity contribution in [2.45, 2.75) is 45.8 Å². The lowest BCUT2D eigenvalue weighted by molar-refractivity contribution is -0.116. The number of hydrogen-bond donors (Lipinski definition) is 3. The predicted octanol–water partition coefficient (Wildman–Crippen LogP) is 6.14. The van der Waals surface area contributed by atoms with Gasteiger partial charge in [0.25, 0.3) is 0 Å². The van der Waals surface area contributed by atoms with Gasteiger partial charge in [-0.15, -0.1) is 0 Å². The minimum Gasteiger partial charge on any atom is -0.446 e. The van der Waals surface area contributed by atoms with E-state index in [0.717, 1.165) is 61.5 Å². The van der Waals surface area contributed by atoms with Crippen LogP contribution >= 0.6 is 0 Å². The van der Waals surface area contributed by atoms with Crippen LogP contribution < -0.4 is 16.0 Å². The number of carbonyl (C=O) groups excluding carboxylic acids is 2. The number of para-hydroxylation sites is 1. The normalized spacial score (nSPS) is 14.2. The molecule has 0 atom stereocenters. The summed E-state index contributed by atoms with van der Waals surface area (Å²) in [5, 5.41) is 9.34. The van der Waals surface area contributed by atoms with Gasteiger partial charge >= 0.3 is 6.09 Å². The lowest BCUT2D eigenvalue weighted by Crippen LogP contribution is -2.39. The number of hydrogen-bond acceptors (Lipinski definition) is 5. The average Bonchev–Trinajstić information content (AvgIpc) is 2.94. The van der Waals surface area contributed by atoms with Gasteiger partial charge in [-0.1, -0.05) is 74.5 Å². The molecule has 7 nitrogen and oxygen atoms in total. The highest BCUT2D eigenvalue weighted by atomic mass is 16.6. The van der Waals surface area contributed by atoms with Gasteiger partial charge in [-0.05, 0) is 54.6 Å². The highest BCUT2D eigenvalue weighted by molar-refractivity contribution is 5.92. The van der Waals surface area contributed by atoms with Crippen LogP contribution in [0.3, 0.4) is 0 Å².